The van der Waals surface area contributed by atoms with Gasteiger partial charge in [-0.15, -0.1) is 0 Å². The zero-order valence-corrected chi connectivity index (χ0v) is 19.0. The van der Waals surface area contributed by atoms with Crippen LogP contribution < -0.4 is 21.2 Å². The Bertz CT molecular complexity index is 814. The molecule has 0 saturated carbocycles. The second kappa shape index (κ2) is 11.8. The number of carbonyl (C=O) groups is 1. The molecule has 5 atom stereocenters. The third kappa shape index (κ3) is 7.06. The van der Waals surface area contributed by atoms with Crippen molar-refractivity contribution in [1.82, 2.24) is 0 Å². The summed E-state index contributed by atoms with van der Waals surface area (Å²) in [6.45, 7) is 5.85. The summed E-state index contributed by atoms with van der Waals surface area (Å²) in [6.07, 6.45) is -0.309. The Morgan fingerprint density at radius 2 is 2.00 bits per heavy atom. The second-order valence-electron chi connectivity index (χ2n) is 6.66. The summed E-state index contributed by atoms with van der Waals surface area (Å²) in [6, 6.07) is 8.81. The summed E-state index contributed by atoms with van der Waals surface area (Å²) < 4.78 is 10.7. The van der Waals surface area contributed by atoms with Gasteiger partial charge >= 0.3 is 183 Å². The molecule has 1 aliphatic heterocycles. The summed E-state index contributed by atoms with van der Waals surface area (Å²) in [7, 11) is 0. The molecule has 2 N–H and O–H groups in total. The number of esters is 1. The average molecular weight is 510 g/mol. The molecule has 2 rings (SSSR count). The molecule has 0 bridgehead atoms. The van der Waals surface area contributed by atoms with Gasteiger partial charge in [-0.3, -0.25) is 0 Å². The van der Waals surface area contributed by atoms with E-state index in [2.05, 4.69) is 23.7 Å². The van der Waals surface area contributed by atoms with Crippen LogP contribution in [0.25, 0.3) is 0 Å². The van der Waals surface area contributed by atoms with Gasteiger partial charge in [-0.1, -0.05) is 0 Å². The topological polar surface area (TPSA) is 77.2 Å². The maximum atomic E-state index is 11.9. The van der Waals surface area contributed by atoms with Crippen molar-refractivity contribution >= 4 is 9.95 Å². The van der Waals surface area contributed by atoms with Gasteiger partial charge in [-0.05, 0) is 0 Å². The van der Waals surface area contributed by atoms with E-state index in [0.717, 1.165) is 6.42 Å². The number of aliphatic hydroxyl groups excluding tert-OH is 1. The van der Waals surface area contributed by atoms with Crippen molar-refractivity contribution in [3.8, 4) is 23.7 Å². The fourth-order valence-corrected chi connectivity index (χ4v) is 5.77. The molecule has 29 heavy (non-hydrogen) atoms. The quantitative estimate of drug-likeness (QED) is 0.147. The number of ether oxygens (including phenoxy) is 2. The van der Waals surface area contributed by atoms with Crippen LogP contribution in [0.5, 0.6) is 0 Å². The Hall–Kier alpha value is -2.03. The number of hydrogen-bond acceptors (Lipinski definition) is 4. The Morgan fingerprint density at radius 1 is 1.28 bits per heavy atom. The minimum absolute atomic E-state index is 0.00539. The van der Waals surface area contributed by atoms with Gasteiger partial charge in [0.05, 0.1) is 0 Å². The first-order valence-electron chi connectivity index (χ1n) is 9.73. The Balaban J connectivity index is 2.20. The number of halogens is 1. The molecular weight excluding hydrogens is 483 g/mol. The zero-order valence-electron chi connectivity index (χ0n) is 16.9. The van der Waals surface area contributed by atoms with Crippen LogP contribution in [0.15, 0.2) is 30.3 Å². The van der Waals surface area contributed by atoms with Crippen LogP contribution in [-0.2, 0) is 9.47 Å². The number of alkyl halides is 1. The summed E-state index contributed by atoms with van der Waals surface area (Å²) in [5.41, 5.74) is 0.498. The SMILES string of the molecule is CCC#CC[C@H](C)C#CC(O)[C@@H](OC(=[OH+])c1ccccc1)C1[I-]C(=O)O[C@H]1CC. The molecule has 6 heteroatoms. The summed E-state index contributed by atoms with van der Waals surface area (Å²) >= 11 is -1.01. The third-order valence-electron chi connectivity index (χ3n) is 4.30. The molecule has 156 valence electrons. The van der Waals surface area contributed by atoms with Crippen LogP contribution in [0.3, 0.4) is 0 Å². The van der Waals surface area contributed by atoms with Crippen molar-refractivity contribution in [2.75, 3.05) is 0 Å². The molecule has 1 heterocycles. The number of rotatable bonds is 6. The summed E-state index contributed by atoms with van der Waals surface area (Å²) in [5.74, 6) is 11.6. The molecule has 0 radical (unpaired) electrons. The minimum atomic E-state index is -1.16. The van der Waals surface area contributed by atoms with Crippen LogP contribution >= 0.6 is 0 Å². The molecule has 1 aromatic carbocycles. The third-order valence-corrected chi connectivity index (χ3v) is 7.29. The van der Waals surface area contributed by atoms with E-state index in [4.69, 9.17) is 9.47 Å². The van der Waals surface area contributed by atoms with E-state index in [-0.39, 0.29) is 25.9 Å². The van der Waals surface area contributed by atoms with Gasteiger partial charge in [0.25, 0.3) is 0 Å². The van der Waals surface area contributed by atoms with E-state index in [1.165, 1.54) is 0 Å². The van der Waals surface area contributed by atoms with E-state index in [1.54, 1.807) is 24.3 Å². The van der Waals surface area contributed by atoms with Crippen LogP contribution in [0.1, 0.15) is 45.6 Å². The normalized spacial score (nSPS) is 21.2. The van der Waals surface area contributed by atoms with Gasteiger partial charge in [-0.2, -0.15) is 0 Å². The van der Waals surface area contributed by atoms with Crippen molar-refractivity contribution in [2.24, 2.45) is 5.92 Å². The molecule has 1 fully saturated rings. The van der Waals surface area contributed by atoms with Crippen LogP contribution in [0, 0.1) is 29.6 Å². The Morgan fingerprint density at radius 3 is 2.66 bits per heavy atom. The first-order valence-corrected chi connectivity index (χ1v) is 12.1. The average Bonchev–Trinajstić information content (AvgIpc) is 3.11. The number of hydrogen-bond donors (Lipinski definition) is 1. The number of carbonyl (C=O) groups excluding carboxylic acids is 2. The molecule has 0 aliphatic carbocycles. The van der Waals surface area contributed by atoms with Crippen LogP contribution in [-0.4, -0.2) is 42.1 Å². The predicted molar refractivity (Wildman–Crippen MR) is 107 cm³/mol. The molecule has 0 aromatic heterocycles. The zero-order chi connectivity index (χ0) is 21.2. The Labute approximate surface area is 182 Å². The molecule has 2 unspecified atom stereocenters. The van der Waals surface area contributed by atoms with Gasteiger partial charge < -0.3 is 0 Å². The second-order valence-corrected chi connectivity index (χ2v) is 9.60. The fraction of sp³-hybridized carbons (Fsp3) is 0.478. The number of benzene rings is 1. The van der Waals surface area contributed by atoms with Gasteiger partial charge in [0.15, 0.2) is 0 Å². The van der Waals surface area contributed by atoms with Crippen molar-refractivity contribution < 1.29 is 45.4 Å². The molecule has 1 aromatic rings. The van der Waals surface area contributed by atoms with Crippen LogP contribution in [0.2, 0.25) is 0 Å². The van der Waals surface area contributed by atoms with Crippen molar-refractivity contribution in [3.05, 3.63) is 35.9 Å². The molecular formula is C23H27IO5. The van der Waals surface area contributed by atoms with Crippen molar-refractivity contribution in [3.63, 3.8) is 0 Å². The first kappa shape index (κ1) is 23.3. The number of aliphatic hydroxyl groups is 1. The van der Waals surface area contributed by atoms with Gasteiger partial charge in [0.1, 0.15) is 0 Å². The summed E-state index contributed by atoms with van der Waals surface area (Å²) in [4.78, 5) is 22.3. The maximum absolute atomic E-state index is 11.9. The van der Waals surface area contributed by atoms with Crippen molar-refractivity contribution in [2.45, 2.75) is 62.3 Å². The molecule has 0 amide bonds. The van der Waals surface area contributed by atoms with E-state index >= 15 is 0 Å². The Kier molecular flexibility index (Phi) is 9.50. The monoisotopic (exact) mass is 510 g/mol. The van der Waals surface area contributed by atoms with Crippen molar-refractivity contribution in [1.29, 1.82) is 0 Å². The van der Waals surface area contributed by atoms with E-state index in [1.807, 2.05) is 26.8 Å². The van der Waals surface area contributed by atoms with E-state index < -0.39 is 33.4 Å². The molecule has 1 saturated heterocycles. The van der Waals surface area contributed by atoms with Crippen LogP contribution in [0.4, 0.5) is 4.79 Å². The van der Waals surface area contributed by atoms with Gasteiger partial charge in [0, 0.05) is 0 Å². The standard InChI is InChI=1S/C23H26IO5/c1-4-6-8-11-16(3)14-15-18(25)21(20-19(5-2)28-23(27)24-20)29-22(26)17-12-9-7-10-13-17/h7,9-10,12-13,16,18-21,25H,4-5,11H2,1-3H3/q-1/p+1/t16-,18?,19-,20?,21+/m0/s1. The first-order chi connectivity index (χ1) is 14.0. The summed E-state index contributed by atoms with van der Waals surface area (Å²) in [5, 5.41) is 10.8. The van der Waals surface area contributed by atoms with E-state index in [9.17, 15) is 14.7 Å². The molecule has 5 nitrogen and oxygen atoms in total. The van der Waals surface area contributed by atoms with E-state index in [0.29, 0.717) is 18.4 Å². The predicted octanol–water partition coefficient (Wildman–Crippen LogP) is 0.113. The molecule has 1 aliphatic rings. The fourth-order valence-electron chi connectivity index (χ4n) is 2.76. The van der Waals surface area contributed by atoms with Gasteiger partial charge in [-0.25, -0.2) is 0 Å². The number of cyclic esters (lactones) is 1. The van der Waals surface area contributed by atoms with Gasteiger partial charge in [0.2, 0.25) is 0 Å². The molecule has 0 spiro atoms.